The van der Waals surface area contributed by atoms with Crippen molar-refractivity contribution in [3.05, 3.63) is 59.2 Å². The van der Waals surface area contributed by atoms with Crippen molar-refractivity contribution in [3.8, 4) is 0 Å². The van der Waals surface area contributed by atoms with Gasteiger partial charge in [-0.25, -0.2) is 0 Å². The highest BCUT2D eigenvalue weighted by Gasteiger charge is 2.50. The summed E-state index contributed by atoms with van der Waals surface area (Å²) in [6.45, 7) is 13.2. The summed E-state index contributed by atoms with van der Waals surface area (Å²) in [5, 5.41) is 4.79. The third-order valence-electron chi connectivity index (χ3n) is 7.75. The number of aromatic nitrogens is 1. The lowest BCUT2D eigenvalue weighted by Crippen LogP contribution is -2.48. The molecule has 5 rings (SSSR count). The zero-order valence-corrected chi connectivity index (χ0v) is 21.1. The molecule has 6 heteroatoms. The number of carbonyl (C=O) groups is 1. The van der Waals surface area contributed by atoms with Gasteiger partial charge in [0.1, 0.15) is 5.82 Å². The van der Waals surface area contributed by atoms with Gasteiger partial charge in [-0.05, 0) is 75.1 Å². The Balaban J connectivity index is 1.29. The van der Waals surface area contributed by atoms with Gasteiger partial charge in [-0.15, -0.1) is 0 Å². The minimum absolute atomic E-state index is 0.233. The molecule has 0 bridgehead atoms. The van der Waals surface area contributed by atoms with Gasteiger partial charge in [-0.1, -0.05) is 30.3 Å². The van der Waals surface area contributed by atoms with Gasteiger partial charge >= 0.3 is 0 Å². The molecule has 0 saturated carbocycles. The Labute approximate surface area is 200 Å². The highest BCUT2D eigenvalue weighted by molar-refractivity contribution is 7.13. The summed E-state index contributed by atoms with van der Waals surface area (Å²) in [6.07, 6.45) is 0. The zero-order valence-electron chi connectivity index (χ0n) is 20.3. The van der Waals surface area contributed by atoms with Crippen molar-refractivity contribution in [1.29, 1.82) is 0 Å². The van der Waals surface area contributed by atoms with E-state index in [0.29, 0.717) is 5.78 Å². The molecule has 3 aromatic rings. The summed E-state index contributed by atoms with van der Waals surface area (Å²) < 4.78 is 6.00. The normalized spacial score (nSPS) is 20.9. The van der Waals surface area contributed by atoms with Crippen LogP contribution in [0.25, 0.3) is 10.1 Å². The largest absolute Gasteiger partial charge is 0.353 e. The molecule has 1 N–H and O–H groups in total. The number of rotatable bonds is 5. The predicted molar refractivity (Wildman–Crippen MR) is 138 cm³/mol. The maximum Gasteiger partial charge on any atom is 0.152 e. The summed E-state index contributed by atoms with van der Waals surface area (Å²) in [5.74, 6) is 1.45. The molecule has 0 amide bonds. The van der Waals surface area contributed by atoms with E-state index in [0.717, 1.165) is 38.5 Å². The average Bonchev–Trinajstić information content (AvgIpc) is 3.31. The standard InChI is InChI=1S/C27H34N4OS/c1-26(2)20-11-10-18(16-21(20)27(3,4)25(26)32)22(28-5)17-30-12-14-31(15-13-30)24-19-8-6-7-9-23(19)33-29-24/h6-11,16,22,28H,12-15,17H2,1-5H3. The van der Waals surface area contributed by atoms with Crippen LogP contribution in [0.1, 0.15) is 50.4 Å². The lowest BCUT2D eigenvalue weighted by molar-refractivity contribution is -0.126. The number of likely N-dealkylation sites (N-methyl/N-ethyl adjacent to an activating group) is 1. The highest BCUT2D eigenvalue weighted by Crippen LogP contribution is 2.47. The van der Waals surface area contributed by atoms with Crippen molar-refractivity contribution in [1.82, 2.24) is 14.6 Å². The van der Waals surface area contributed by atoms with Crippen LogP contribution >= 0.6 is 11.5 Å². The number of piperazine rings is 1. The molecular formula is C27H34N4OS. The second-order valence-corrected chi connectivity index (χ2v) is 11.3. The molecule has 2 aliphatic rings. The molecule has 1 saturated heterocycles. The fourth-order valence-electron chi connectivity index (χ4n) is 5.73. The van der Waals surface area contributed by atoms with Gasteiger partial charge in [0.2, 0.25) is 0 Å². The van der Waals surface area contributed by atoms with E-state index >= 15 is 0 Å². The summed E-state index contributed by atoms with van der Waals surface area (Å²) in [4.78, 5) is 18.0. The second-order valence-electron chi connectivity index (χ2n) is 10.5. The van der Waals surface area contributed by atoms with Crippen molar-refractivity contribution in [2.45, 2.75) is 44.6 Å². The van der Waals surface area contributed by atoms with Gasteiger partial charge in [-0.3, -0.25) is 9.69 Å². The molecule has 1 aliphatic carbocycles. The molecule has 0 spiro atoms. The van der Waals surface area contributed by atoms with E-state index in [1.165, 1.54) is 26.8 Å². The summed E-state index contributed by atoms with van der Waals surface area (Å²) in [5.41, 5.74) is 2.79. The Hall–Kier alpha value is -2.28. The lowest BCUT2D eigenvalue weighted by Gasteiger charge is -2.37. The quantitative estimate of drug-likeness (QED) is 0.604. The van der Waals surface area contributed by atoms with Gasteiger partial charge in [-0.2, -0.15) is 4.37 Å². The monoisotopic (exact) mass is 462 g/mol. The second kappa shape index (κ2) is 8.19. The number of nitrogens with one attached hydrogen (secondary N) is 1. The predicted octanol–water partition coefficient (Wildman–Crippen LogP) is 4.52. The average molecular weight is 463 g/mol. The number of hydrogen-bond acceptors (Lipinski definition) is 6. The smallest absolute Gasteiger partial charge is 0.152 e. The van der Waals surface area contributed by atoms with Crippen LogP contribution in [0.4, 0.5) is 5.82 Å². The van der Waals surface area contributed by atoms with Gasteiger partial charge in [0, 0.05) is 55.0 Å². The molecule has 2 aromatic carbocycles. The van der Waals surface area contributed by atoms with Crippen LogP contribution in [-0.4, -0.2) is 54.8 Å². The van der Waals surface area contributed by atoms with Crippen LogP contribution in [0.5, 0.6) is 0 Å². The highest BCUT2D eigenvalue weighted by atomic mass is 32.1. The van der Waals surface area contributed by atoms with Crippen LogP contribution in [0, 0.1) is 0 Å². The number of Topliss-reactive ketones (excluding diaryl/α,β-unsaturated/α-hetero) is 1. The lowest BCUT2D eigenvalue weighted by atomic mass is 9.80. The topological polar surface area (TPSA) is 48.5 Å². The van der Waals surface area contributed by atoms with Crippen LogP contribution in [0.2, 0.25) is 0 Å². The molecule has 33 heavy (non-hydrogen) atoms. The molecule has 0 radical (unpaired) electrons. The number of benzene rings is 2. The van der Waals surface area contributed by atoms with Crippen LogP contribution in [0.15, 0.2) is 42.5 Å². The number of nitrogens with zero attached hydrogens (tertiary/aromatic N) is 3. The maximum absolute atomic E-state index is 13.1. The number of fused-ring (bicyclic) bond motifs is 2. The SMILES string of the molecule is CNC(CN1CCN(c2nsc3ccccc23)CC1)c1ccc2c(c1)C(C)(C)C(=O)C2(C)C. The Morgan fingerprint density at radius 2 is 1.70 bits per heavy atom. The van der Waals surface area contributed by atoms with E-state index in [4.69, 9.17) is 4.37 Å². The first-order valence-electron chi connectivity index (χ1n) is 11.9. The Morgan fingerprint density at radius 3 is 2.42 bits per heavy atom. The van der Waals surface area contributed by atoms with Gasteiger partial charge in [0.25, 0.3) is 0 Å². The van der Waals surface area contributed by atoms with Gasteiger partial charge in [0.05, 0.1) is 4.70 Å². The molecule has 174 valence electrons. The molecule has 1 aliphatic heterocycles. The van der Waals surface area contributed by atoms with Crippen LogP contribution in [0.3, 0.4) is 0 Å². The maximum atomic E-state index is 13.1. The summed E-state index contributed by atoms with van der Waals surface area (Å²) in [7, 11) is 2.04. The van der Waals surface area contributed by atoms with E-state index in [-0.39, 0.29) is 6.04 Å². The molecule has 1 unspecified atom stereocenters. The Morgan fingerprint density at radius 1 is 1.00 bits per heavy atom. The fraction of sp³-hybridized carbons (Fsp3) is 0.481. The molecule has 2 heterocycles. The first kappa shape index (κ1) is 22.5. The Bertz CT molecular complexity index is 1190. The van der Waals surface area contributed by atoms with Crippen molar-refractivity contribution in [3.63, 3.8) is 0 Å². The minimum atomic E-state index is -0.435. The van der Waals surface area contributed by atoms with E-state index in [1.54, 1.807) is 11.5 Å². The van der Waals surface area contributed by atoms with E-state index in [1.807, 2.05) is 7.05 Å². The summed E-state index contributed by atoms with van der Waals surface area (Å²) in [6, 6.07) is 15.4. The van der Waals surface area contributed by atoms with E-state index in [9.17, 15) is 4.79 Å². The minimum Gasteiger partial charge on any atom is -0.353 e. The van der Waals surface area contributed by atoms with Crippen molar-refractivity contribution >= 4 is 33.2 Å². The fourth-order valence-corrected chi connectivity index (χ4v) is 6.53. The van der Waals surface area contributed by atoms with Crippen molar-refractivity contribution in [2.75, 3.05) is 44.7 Å². The number of carbonyl (C=O) groups excluding carboxylic acids is 1. The zero-order chi connectivity index (χ0) is 23.4. The number of anilines is 1. The van der Waals surface area contributed by atoms with Crippen LogP contribution in [-0.2, 0) is 15.6 Å². The summed E-state index contributed by atoms with van der Waals surface area (Å²) >= 11 is 1.59. The van der Waals surface area contributed by atoms with Crippen LogP contribution < -0.4 is 10.2 Å². The van der Waals surface area contributed by atoms with E-state index < -0.39 is 10.8 Å². The first-order chi connectivity index (χ1) is 15.7. The molecule has 1 atom stereocenters. The van der Waals surface area contributed by atoms with Gasteiger partial charge in [0.15, 0.2) is 5.78 Å². The van der Waals surface area contributed by atoms with Gasteiger partial charge < -0.3 is 10.2 Å². The first-order valence-corrected chi connectivity index (χ1v) is 12.7. The van der Waals surface area contributed by atoms with Crippen molar-refractivity contribution < 1.29 is 4.79 Å². The molecule has 1 fully saturated rings. The molecule has 5 nitrogen and oxygen atoms in total. The number of ketones is 1. The Kier molecular flexibility index (Phi) is 5.58. The third kappa shape index (κ3) is 3.69. The third-order valence-corrected chi connectivity index (χ3v) is 8.56. The van der Waals surface area contributed by atoms with Crippen molar-refractivity contribution in [2.24, 2.45) is 0 Å². The molecular weight excluding hydrogens is 428 g/mol. The molecule has 1 aromatic heterocycles. The number of hydrogen-bond donors (Lipinski definition) is 1. The van der Waals surface area contributed by atoms with E-state index in [2.05, 4.69) is 85.3 Å².